The maximum atomic E-state index is 5.32. The molecule has 0 spiro atoms. The number of benzene rings is 1. The summed E-state index contributed by atoms with van der Waals surface area (Å²) in [5.74, 6) is 0.829. The van der Waals surface area contributed by atoms with Crippen LogP contribution in [0, 0.1) is 0 Å². The first kappa shape index (κ1) is 9.61. The molecule has 12 heavy (non-hydrogen) atoms. The summed E-state index contributed by atoms with van der Waals surface area (Å²) in [6.45, 7) is 0. The second-order valence-electron chi connectivity index (χ2n) is 2.32. The molecular weight excluding hydrogens is 236 g/mol. The van der Waals surface area contributed by atoms with Crippen LogP contribution < -0.4 is 11.1 Å². The fourth-order valence-electron chi connectivity index (χ4n) is 0.747. The highest BCUT2D eigenvalue weighted by Crippen LogP contribution is 2.14. The first-order valence-electron chi connectivity index (χ1n) is 3.43. The van der Waals surface area contributed by atoms with E-state index < -0.39 is 0 Å². The van der Waals surface area contributed by atoms with Crippen LogP contribution in [-0.4, -0.2) is 5.17 Å². The lowest BCUT2D eigenvalue weighted by Gasteiger charge is -1.96. The van der Waals surface area contributed by atoms with Gasteiger partial charge in [-0.3, -0.25) is 11.1 Å². The molecule has 0 saturated carbocycles. The van der Waals surface area contributed by atoms with Crippen molar-refractivity contribution in [1.29, 1.82) is 0 Å². The van der Waals surface area contributed by atoms with Crippen LogP contribution in [0.3, 0.4) is 0 Å². The lowest BCUT2D eigenvalue weighted by molar-refractivity contribution is -0.110. The number of thioether (sulfide) groups is 1. The van der Waals surface area contributed by atoms with Crippen molar-refractivity contribution in [3.05, 3.63) is 34.3 Å². The Labute approximate surface area is 84.2 Å². The molecule has 2 nitrogen and oxygen atoms in total. The molecule has 0 saturated heterocycles. The van der Waals surface area contributed by atoms with Gasteiger partial charge in [0.25, 0.3) is 5.17 Å². The molecule has 4 N–H and O–H groups in total. The number of halogens is 1. The van der Waals surface area contributed by atoms with Gasteiger partial charge >= 0.3 is 0 Å². The van der Waals surface area contributed by atoms with E-state index in [1.54, 1.807) is 0 Å². The fourth-order valence-corrected chi connectivity index (χ4v) is 1.54. The van der Waals surface area contributed by atoms with Gasteiger partial charge in [0.05, 0.1) is 0 Å². The van der Waals surface area contributed by atoms with Crippen molar-refractivity contribution >= 4 is 32.9 Å². The molecule has 0 aliphatic carbocycles. The minimum atomic E-state index is 0.415. The summed E-state index contributed by atoms with van der Waals surface area (Å²) in [5.41, 5.74) is 6.54. The van der Waals surface area contributed by atoms with E-state index in [4.69, 9.17) is 11.1 Å². The molecule has 64 valence electrons. The third-order valence-electron chi connectivity index (χ3n) is 1.32. The SMILES string of the molecule is NC(=[NH2+])SCc1ccc(Br)cc1. The number of hydrogen-bond acceptors (Lipinski definition) is 1. The van der Waals surface area contributed by atoms with Gasteiger partial charge in [-0.1, -0.05) is 28.1 Å². The summed E-state index contributed by atoms with van der Waals surface area (Å²) < 4.78 is 1.08. The van der Waals surface area contributed by atoms with Crippen LogP contribution in [0.4, 0.5) is 0 Å². The van der Waals surface area contributed by atoms with Crippen molar-refractivity contribution in [3.63, 3.8) is 0 Å². The largest absolute Gasteiger partial charge is 0.300 e. The first-order chi connectivity index (χ1) is 5.68. The highest BCUT2D eigenvalue weighted by atomic mass is 79.9. The van der Waals surface area contributed by atoms with Gasteiger partial charge in [0.15, 0.2) is 0 Å². The monoisotopic (exact) mass is 245 g/mol. The second kappa shape index (κ2) is 4.52. The zero-order chi connectivity index (χ0) is 8.97. The molecule has 0 heterocycles. The van der Waals surface area contributed by atoms with Crippen molar-refractivity contribution in [2.75, 3.05) is 0 Å². The van der Waals surface area contributed by atoms with Crippen LogP contribution in [0.5, 0.6) is 0 Å². The summed E-state index contributed by atoms with van der Waals surface area (Å²) in [6, 6.07) is 8.09. The molecule has 1 aromatic rings. The van der Waals surface area contributed by atoms with Crippen molar-refractivity contribution in [2.24, 2.45) is 5.73 Å². The number of amidine groups is 1. The average Bonchev–Trinajstić information content (AvgIpc) is 2.03. The summed E-state index contributed by atoms with van der Waals surface area (Å²) in [4.78, 5) is 0. The summed E-state index contributed by atoms with van der Waals surface area (Å²) >= 11 is 4.81. The summed E-state index contributed by atoms with van der Waals surface area (Å²) in [7, 11) is 0. The van der Waals surface area contributed by atoms with Gasteiger partial charge in [0.1, 0.15) is 0 Å². The minimum absolute atomic E-state index is 0.415. The van der Waals surface area contributed by atoms with Gasteiger partial charge in [-0.05, 0) is 29.5 Å². The molecule has 1 aromatic carbocycles. The van der Waals surface area contributed by atoms with Crippen molar-refractivity contribution in [3.8, 4) is 0 Å². The predicted octanol–water partition coefficient (Wildman–Crippen LogP) is 0.756. The van der Waals surface area contributed by atoms with Gasteiger partial charge in [-0.15, -0.1) is 0 Å². The maximum absolute atomic E-state index is 5.32. The Morgan fingerprint density at radius 3 is 2.50 bits per heavy atom. The highest BCUT2D eigenvalue weighted by molar-refractivity contribution is 9.10. The topological polar surface area (TPSA) is 51.6 Å². The number of rotatable bonds is 2. The highest BCUT2D eigenvalue weighted by Gasteiger charge is 1.97. The molecule has 0 aliphatic heterocycles. The Morgan fingerprint density at radius 2 is 2.00 bits per heavy atom. The second-order valence-corrected chi connectivity index (χ2v) is 4.28. The van der Waals surface area contributed by atoms with Gasteiger partial charge < -0.3 is 0 Å². The molecule has 0 aromatic heterocycles. The van der Waals surface area contributed by atoms with E-state index in [0.29, 0.717) is 5.17 Å². The lowest BCUT2D eigenvalue weighted by atomic mass is 10.2. The van der Waals surface area contributed by atoms with Crippen molar-refractivity contribution in [2.45, 2.75) is 5.75 Å². The molecular formula is C8H10BrN2S+. The van der Waals surface area contributed by atoms with Crippen LogP contribution in [0.15, 0.2) is 28.7 Å². The summed E-state index contributed by atoms with van der Waals surface area (Å²) in [6.07, 6.45) is 0. The zero-order valence-electron chi connectivity index (χ0n) is 6.46. The van der Waals surface area contributed by atoms with Crippen LogP contribution in [0.25, 0.3) is 0 Å². The van der Waals surface area contributed by atoms with E-state index in [-0.39, 0.29) is 0 Å². The van der Waals surface area contributed by atoms with Crippen molar-refractivity contribution in [1.82, 2.24) is 0 Å². The Morgan fingerprint density at radius 1 is 1.42 bits per heavy atom. The third kappa shape index (κ3) is 3.28. The third-order valence-corrected chi connectivity index (χ3v) is 2.66. The fraction of sp³-hybridized carbons (Fsp3) is 0.125. The molecule has 0 radical (unpaired) electrons. The summed E-state index contributed by atoms with van der Waals surface area (Å²) in [5, 5.41) is 5.73. The quantitative estimate of drug-likeness (QED) is 0.597. The molecule has 0 amide bonds. The standard InChI is InChI=1S/C8H9BrN2S/c9-7-3-1-6(2-4-7)5-12-8(10)11/h1-4H,5H2,(H3,10,11)/p+1. The molecule has 0 atom stereocenters. The molecule has 1 rings (SSSR count). The average molecular weight is 246 g/mol. The lowest BCUT2D eigenvalue weighted by Crippen LogP contribution is -2.43. The molecule has 0 bridgehead atoms. The minimum Gasteiger partial charge on any atom is -0.282 e. The Hall–Kier alpha value is -0.480. The van der Waals surface area contributed by atoms with Crippen LogP contribution in [-0.2, 0) is 5.75 Å². The van der Waals surface area contributed by atoms with E-state index in [1.807, 2.05) is 24.3 Å². The maximum Gasteiger partial charge on any atom is 0.300 e. The van der Waals surface area contributed by atoms with Crippen LogP contribution in [0.2, 0.25) is 0 Å². The first-order valence-corrected chi connectivity index (χ1v) is 5.21. The number of hydrogen-bond donors (Lipinski definition) is 2. The van der Waals surface area contributed by atoms with Gasteiger partial charge in [-0.2, -0.15) is 0 Å². The van der Waals surface area contributed by atoms with Gasteiger partial charge in [-0.25, -0.2) is 0 Å². The van der Waals surface area contributed by atoms with Gasteiger partial charge in [0.2, 0.25) is 0 Å². The number of nitrogens with two attached hydrogens (primary N) is 2. The molecule has 4 heteroatoms. The Kier molecular flexibility index (Phi) is 3.62. The normalized spacial score (nSPS) is 9.75. The predicted molar refractivity (Wildman–Crippen MR) is 56.6 cm³/mol. The van der Waals surface area contributed by atoms with Gasteiger partial charge in [0, 0.05) is 10.2 Å². The van der Waals surface area contributed by atoms with E-state index >= 15 is 0 Å². The van der Waals surface area contributed by atoms with E-state index in [1.165, 1.54) is 17.3 Å². The molecule has 0 fully saturated rings. The van der Waals surface area contributed by atoms with Crippen LogP contribution in [0.1, 0.15) is 5.56 Å². The van der Waals surface area contributed by atoms with E-state index in [2.05, 4.69) is 15.9 Å². The molecule has 0 aliphatic rings. The Bertz CT molecular complexity index is 271. The van der Waals surface area contributed by atoms with Crippen LogP contribution >= 0.6 is 27.7 Å². The van der Waals surface area contributed by atoms with E-state index in [9.17, 15) is 0 Å². The zero-order valence-corrected chi connectivity index (χ0v) is 8.86. The molecule has 0 unspecified atom stereocenters. The van der Waals surface area contributed by atoms with Crippen molar-refractivity contribution < 1.29 is 5.41 Å². The smallest absolute Gasteiger partial charge is 0.282 e. The van der Waals surface area contributed by atoms with E-state index in [0.717, 1.165) is 10.2 Å². The Balaban J connectivity index is 2.53.